The lowest BCUT2D eigenvalue weighted by Crippen LogP contribution is -2.46. The fraction of sp³-hybridized carbons (Fsp3) is 0.400. The number of carbonyl (C=O) groups is 3. The van der Waals surface area contributed by atoms with Gasteiger partial charge in [0.25, 0.3) is 5.91 Å². The molecule has 0 aliphatic carbocycles. The normalized spacial score (nSPS) is 17.1. The Balaban J connectivity index is 1.40. The van der Waals surface area contributed by atoms with Gasteiger partial charge >= 0.3 is 0 Å². The minimum Gasteiger partial charge on any atom is -0.337 e. The summed E-state index contributed by atoms with van der Waals surface area (Å²) in [4.78, 5) is 44.2. The minimum atomic E-state index is -0.169. The smallest absolute Gasteiger partial charge is 0.270 e. The molecular weight excluding hydrogens is 418 g/mol. The van der Waals surface area contributed by atoms with Crippen LogP contribution in [-0.2, 0) is 14.4 Å². The second-order valence-electron chi connectivity index (χ2n) is 8.82. The molecular formula is C25H29N5O3. The van der Waals surface area contributed by atoms with Crippen molar-refractivity contribution in [3.05, 3.63) is 53.2 Å². The van der Waals surface area contributed by atoms with E-state index in [0.717, 1.165) is 16.7 Å². The van der Waals surface area contributed by atoms with Crippen LogP contribution < -0.4 is 10.3 Å². The summed E-state index contributed by atoms with van der Waals surface area (Å²) in [6.45, 7) is 6.80. The zero-order valence-corrected chi connectivity index (χ0v) is 19.3. The first-order chi connectivity index (χ1) is 15.8. The zero-order valence-electron chi connectivity index (χ0n) is 19.3. The Labute approximate surface area is 193 Å². The molecule has 4 rings (SSSR count). The summed E-state index contributed by atoms with van der Waals surface area (Å²) in [7, 11) is 0. The van der Waals surface area contributed by atoms with Gasteiger partial charge in [0.2, 0.25) is 11.8 Å². The van der Waals surface area contributed by atoms with Crippen molar-refractivity contribution in [3.63, 3.8) is 0 Å². The largest absolute Gasteiger partial charge is 0.337 e. The Bertz CT molecular complexity index is 1120. The lowest BCUT2D eigenvalue weighted by molar-refractivity contribution is -0.129. The molecule has 2 aromatic rings. The van der Waals surface area contributed by atoms with E-state index >= 15 is 0 Å². The van der Waals surface area contributed by atoms with Gasteiger partial charge in [0.15, 0.2) is 0 Å². The number of aromatic nitrogens is 1. The van der Waals surface area contributed by atoms with Crippen LogP contribution in [0.4, 0.5) is 11.5 Å². The summed E-state index contributed by atoms with van der Waals surface area (Å²) in [5.74, 6) is 0.0447. The van der Waals surface area contributed by atoms with E-state index in [2.05, 4.69) is 15.4 Å². The van der Waals surface area contributed by atoms with E-state index in [1.54, 1.807) is 11.1 Å². The number of carbonyl (C=O) groups excluding carboxylic acids is 3. The summed E-state index contributed by atoms with van der Waals surface area (Å²) in [5, 5.41) is 8.70. The quantitative estimate of drug-likeness (QED) is 0.777. The Morgan fingerprint density at radius 3 is 2.45 bits per heavy atom. The number of nitrogens with one attached hydrogen (secondary N) is 1. The van der Waals surface area contributed by atoms with Crippen molar-refractivity contribution in [3.8, 4) is 0 Å². The fourth-order valence-corrected chi connectivity index (χ4v) is 4.20. The first-order valence-corrected chi connectivity index (χ1v) is 11.3. The second-order valence-corrected chi connectivity index (χ2v) is 8.82. The van der Waals surface area contributed by atoms with Crippen molar-refractivity contribution in [1.29, 1.82) is 0 Å². The molecule has 8 heteroatoms. The highest BCUT2D eigenvalue weighted by Crippen LogP contribution is 2.26. The van der Waals surface area contributed by atoms with Crippen LogP contribution in [0.2, 0.25) is 0 Å². The maximum Gasteiger partial charge on any atom is 0.270 e. The molecule has 8 nitrogen and oxygen atoms in total. The van der Waals surface area contributed by atoms with Gasteiger partial charge in [-0.3, -0.25) is 14.4 Å². The van der Waals surface area contributed by atoms with Crippen LogP contribution in [0.25, 0.3) is 0 Å². The number of anilines is 2. The molecule has 2 aliphatic rings. The van der Waals surface area contributed by atoms with E-state index in [-0.39, 0.29) is 30.1 Å². The average molecular weight is 448 g/mol. The molecule has 1 N–H and O–H groups in total. The Morgan fingerprint density at radius 1 is 1.00 bits per heavy atom. The van der Waals surface area contributed by atoms with Crippen molar-refractivity contribution in [1.82, 2.24) is 9.88 Å². The molecule has 0 bridgehead atoms. The summed E-state index contributed by atoms with van der Waals surface area (Å²) in [5.41, 5.74) is 4.09. The number of rotatable bonds is 4. The summed E-state index contributed by atoms with van der Waals surface area (Å²) in [6, 6.07) is 9.56. The molecule has 1 aromatic heterocycles. The molecule has 0 unspecified atom stereocenters. The highest BCUT2D eigenvalue weighted by atomic mass is 16.2. The lowest BCUT2D eigenvalue weighted by Gasteiger charge is -2.33. The third kappa shape index (κ3) is 5.10. The maximum absolute atomic E-state index is 13.1. The van der Waals surface area contributed by atoms with Gasteiger partial charge in [-0.2, -0.15) is 5.10 Å². The topological polar surface area (TPSA) is 95.0 Å². The van der Waals surface area contributed by atoms with Crippen LogP contribution in [0.15, 0.2) is 41.6 Å². The number of benzene rings is 1. The molecule has 3 heterocycles. The highest BCUT2D eigenvalue weighted by Gasteiger charge is 2.32. The van der Waals surface area contributed by atoms with Gasteiger partial charge in [0.05, 0.1) is 5.69 Å². The number of amides is 3. The number of hydrogen-bond acceptors (Lipinski definition) is 5. The van der Waals surface area contributed by atoms with Crippen LogP contribution in [-0.4, -0.2) is 46.4 Å². The predicted octanol–water partition coefficient (Wildman–Crippen LogP) is 3.37. The van der Waals surface area contributed by atoms with Gasteiger partial charge in [-0.05, 0) is 68.5 Å². The van der Waals surface area contributed by atoms with Crippen molar-refractivity contribution in [2.45, 2.75) is 46.5 Å². The van der Waals surface area contributed by atoms with Crippen LogP contribution in [0, 0.1) is 26.7 Å². The van der Waals surface area contributed by atoms with Gasteiger partial charge < -0.3 is 10.2 Å². The SMILES string of the molecule is Cc1ccnc(NC(=O)C2CCN(C(=O)C3=NN(c4cc(C)ccc4C)C(=O)CC3)CC2)c1. The summed E-state index contributed by atoms with van der Waals surface area (Å²) >= 11 is 0. The van der Waals surface area contributed by atoms with Crippen LogP contribution >= 0.6 is 0 Å². The van der Waals surface area contributed by atoms with E-state index in [1.165, 1.54) is 5.01 Å². The molecule has 1 aromatic carbocycles. The number of pyridine rings is 1. The molecule has 1 saturated heterocycles. The number of hydrogen-bond donors (Lipinski definition) is 1. The van der Waals surface area contributed by atoms with E-state index in [4.69, 9.17) is 0 Å². The van der Waals surface area contributed by atoms with E-state index < -0.39 is 0 Å². The molecule has 0 atom stereocenters. The minimum absolute atomic E-state index is 0.0677. The maximum atomic E-state index is 13.1. The van der Waals surface area contributed by atoms with Crippen LogP contribution in [0.3, 0.4) is 0 Å². The van der Waals surface area contributed by atoms with Crippen molar-refractivity contribution < 1.29 is 14.4 Å². The Morgan fingerprint density at radius 2 is 1.73 bits per heavy atom. The number of nitrogens with zero attached hydrogens (tertiary/aromatic N) is 4. The first kappa shape index (κ1) is 22.6. The third-order valence-corrected chi connectivity index (χ3v) is 6.19. The highest BCUT2D eigenvalue weighted by molar-refractivity contribution is 6.40. The molecule has 33 heavy (non-hydrogen) atoms. The van der Waals surface area contributed by atoms with Gasteiger partial charge in [-0.1, -0.05) is 12.1 Å². The Kier molecular flexibility index (Phi) is 6.53. The first-order valence-electron chi connectivity index (χ1n) is 11.3. The average Bonchev–Trinajstić information content (AvgIpc) is 2.81. The number of piperidine rings is 1. The van der Waals surface area contributed by atoms with Crippen molar-refractivity contribution in [2.75, 3.05) is 23.4 Å². The van der Waals surface area contributed by atoms with Gasteiger partial charge in [0.1, 0.15) is 11.5 Å². The molecule has 1 fully saturated rings. The van der Waals surface area contributed by atoms with Crippen molar-refractivity contribution >= 4 is 34.9 Å². The number of aryl methyl sites for hydroxylation is 3. The van der Waals surface area contributed by atoms with Crippen LogP contribution in [0.5, 0.6) is 0 Å². The molecule has 2 aliphatic heterocycles. The third-order valence-electron chi connectivity index (χ3n) is 6.19. The van der Waals surface area contributed by atoms with E-state index in [1.807, 2.05) is 51.1 Å². The summed E-state index contributed by atoms with van der Waals surface area (Å²) in [6.07, 6.45) is 3.41. The zero-order chi connectivity index (χ0) is 23.5. The number of likely N-dealkylation sites (tertiary alicyclic amines) is 1. The van der Waals surface area contributed by atoms with Gasteiger partial charge in [-0.25, -0.2) is 9.99 Å². The monoisotopic (exact) mass is 447 g/mol. The van der Waals surface area contributed by atoms with Gasteiger partial charge in [0, 0.05) is 38.0 Å². The lowest BCUT2D eigenvalue weighted by atomic mass is 9.95. The fourth-order valence-electron chi connectivity index (χ4n) is 4.20. The second kappa shape index (κ2) is 9.52. The Hall–Kier alpha value is -3.55. The molecule has 0 radical (unpaired) electrons. The predicted molar refractivity (Wildman–Crippen MR) is 127 cm³/mol. The van der Waals surface area contributed by atoms with Crippen molar-refractivity contribution in [2.24, 2.45) is 11.0 Å². The van der Waals surface area contributed by atoms with E-state index in [0.29, 0.717) is 49.6 Å². The molecule has 0 saturated carbocycles. The summed E-state index contributed by atoms with van der Waals surface area (Å²) < 4.78 is 0. The van der Waals surface area contributed by atoms with Crippen LogP contribution in [0.1, 0.15) is 42.4 Å². The number of hydrazone groups is 1. The van der Waals surface area contributed by atoms with E-state index in [9.17, 15) is 14.4 Å². The molecule has 0 spiro atoms. The molecule has 3 amide bonds. The van der Waals surface area contributed by atoms with Gasteiger partial charge in [-0.15, -0.1) is 0 Å². The molecule has 172 valence electrons. The standard InChI is InChI=1S/C25H29N5O3/c1-16-4-5-18(3)21(14-16)30-23(31)7-6-20(28-30)25(33)29-12-9-19(10-13-29)24(32)27-22-15-17(2)8-11-26-22/h4-5,8,11,14-15,19H,6-7,9-10,12-13H2,1-3H3,(H,26,27,32).